The fourth-order valence-electron chi connectivity index (χ4n) is 3.12. The fraction of sp³-hybridized carbons (Fsp3) is 0.647. The fourth-order valence-corrected chi connectivity index (χ4v) is 3.12. The molecule has 140 valence electrons. The third-order valence-corrected chi connectivity index (χ3v) is 4.25. The van der Waals surface area contributed by atoms with Crippen molar-refractivity contribution in [3.05, 3.63) is 27.9 Å². The number of carbonyl (C=O) groups excluding carboxylic acids is 1. The van der Waals surface area contributed by atoms with Crippen LogP contribution in [0.4, 0.5) is 0 Å². The maximum absolute atomic E-state index is 12.3. The summed E-state index contributed by atoms with van der Waals surface area (Å²) in [6.07, 6.45) is 3.16. The molecule has 0 bridgehead atoms. The van der Waals surface area contributed by atoms with E-state index in [0.717, 1.165) is 30.9 Å². The zero-order chi connectivity index (χ0) is 18.8. The van der Waals surface area contributed by atoms with Gasteiger partial charge in [-0.05, 0) is 52.3 Å². The number of carbonyl (C=O) groups is 2. The maximum Gasteiger partial charge on any atom is 0.348 e. The number of carboxylic acid groups (broad SMARTS) is 1. The molecule has 2 heterocycles. The minimum Gasteiger partial charge on any atom is -0.483 e. The van der Waals surface area contributed by atoms with Gasteiger partial charge in [-0.2, -0.15) is 4.98 Å². The average molecular weight is 352 g/mol. The molecule has 8 heteroatoms. The molecule has 1 fully saturated rings. The van der Waals surface area contributed by atoms with Crippen molar-refractivity contribution in [1.29, 1.82) is 0 Å². The molecular weight excluding hydrogens is 324 g/mol. The lowest BCUT2D eigenvalue weighted by Crippen LogP contribution is -2.46. The Kier molecular flexibility index (Phi) is 8.83. The number of amides is 1. The van der Waals surface area contributed by atoms with Crippen LogP contribution in [0.2, 0.25) is 0 Å². The monoisotopic (exact) mass is 352 g/mol. The van der Waals surface area contributed by atoms with Crippen molar-refractivity contribution in [2.24, 2.45) is 0 Å². The van der Waals surface area contributed by atoms with E-state index in [9.17, 15) is 9.59 Å². The lowest BCUT2D eigenvalue weighted by atomic mass is 10.2. The number of rotatable bonds is 6. The number of hydrogen-bond acceptors (Lipinski definition) is 5. The summed E-state index contributed by atoms with van der Waals surface area (Å²) < 4.78 is 1.60. The van der Waals surface area contributed by atoms with Crippen LogP contribution in [0.3, 0.4) is 0 Å². The van der Waals surface area contributed by atoms with E-state index in [4.69, 9.17) is 9.90 Å². The Balaban J connectivity index is 0.000000970. The summed E-state index contributed by atoms with van der Waals surface area (Å²) >= 11 is 0. The van der Waals surface area contributed by atoms with Gasteiger partial charge < -0.3 is 10.4 Å². The Morgan fingerprint density at radius 1 is 1.40 bits per heavy atom. The normalized spacial score (nSPS) is 15.2. The minimum absolute atomic E-state index is 0.0449. The quantitative estimate of drug-likeness (QED) is 0.725. The van der Waals surface area contributed by atoms with Gasteiger partial charge in [0.15, 0.2) is 0 Å². The summed E-state index contributed by atoms with van der Waals surface area (Å²) in [6.45, 7) is 8.41. The molecule has 1 amide bonds. The molecule has 0 aromatic carbocycles. The van der Waals surface area contributed by atoms with E-state index in [-0.39, 0.29) is 24.1 Å². The molecule has 25 heavy (non-hydrogen) atoms. The largest absolute Gasteiger partial charge is 0.483 e. The van der Waals surface area contributed by atoms with Crippen LogP contribution in [0.5, 0.6) is 0 Å². The highest BCUT2D eigenvalue weighted by Crippen LogP contribution is 2.14. The summed E-state index contributed by atoms with van der Waals surface area (Å²) in [5.74, 6) is 0.0650. The zero-order valence-electron chi connectivity index (χ0n) is 15.2. The van der Waals surface area contributed by atoms with Crippen molar-refractivity contribution in [3.63, 3.8) is 0 Å². The Labute approximate surface area is 147 Å². The van der Waals surface area contributed by atoms with Crippen molar-refractivity contribution in [3.8, 4) is 0 Å². The van der Waals surface area contributed by atoms with Gasteiger partial charge in [0, 0.05) is 24.5 Å². The summed E-state index contributed by atoms with van der Waals surface area (Å²) in [4.78, 5) is 38.7. The highest BCUT2D eigenvalue weighted by molar-refractivity contribution is 5.81. The second-order valence-corrected chi connectivity index (χ2v) is 6.04. The van der Waals surface area contributed by atoms with Gasteiger partial charge in [0.25, 0.3) is 6.47 Å². The first-order chi connectivity index (χ1) is 11.9. The molecule has 1 atom stereocenters. The van der Waals surface area contributed by atoms with Crippen LogP contribution >= 0.6 is 0 Å². The molecule has 1 aromatic rings. The highest BCUT2D eigenvalue weighted by atomic mass is 16.3. The van der Waals surface area contributed by atoms with Gasteiger partial charge in [-0.1, -0.05) is 6.92 Å². The number of nitrogens with zero attached hydrogens (tertiary/aromatic N) is 3. The summed E-state index contributed by atoms with van der Waals surface area (Å²) in [6, 6.07) is 1.83. The molecule has 8 nitrogen and oxygen atoms in total. The van der Waals surface area contributed by atoms with Crippen molar-refractivity contribution >= 4 is 12.4 Å². The summed E-state index contributed by atoms with van der Waals surface area (Å²) in [5.41, 5.74) is 1.35. The minimum atomic E-state index is -0.252. The van der Waals surface area contributed by atoms with Gasteiger partial charge in [-0.3, -0.25) is 19.1 Å². The standard InChI is InChI=1S/C16H26N4O2.CH2O2/c1-4-14(19-8-5-6-9-19)15(21)17-7-10-20-13(3)11-12(2)18-16(20)22;2-1-3/h11,14H,4-10H2,1-3H3,(H,17,21);1H,(H,2,3). The van der Waals surface area contributed by atoms with E-state index < -0.39 is 0 Å². The van der Waals surface area contributed by atoms with E-state index in [1.165, 1.54) is 12.8 Å². The molecule has 1 aromatic heterocycles. The van der Waals surface area contributed by atoms with Gasteiger partial charge >= 0.3 is 5.69 Å². The van der Waals surface area contributed by atoms with Crippen molar-refractivity contribution in [1.82, 2.24) is 19.8 Å². The first kappa shape index (κ1) is 20.8. The SMILES string of the molecule is CCC(C(=O)NCCn1c(C)cc(C)nc1=O)N1CCCC1.O=CO. The van der Waals surface area contributed by atoms with Crippen LogP contribution in [0.15, 0.2) is 10.9 Å². The second kappa shape index (κ2) is 10.6. The van der Waals surface area contributed by atoms with E-state index >= 15 is 0 Å². The number of hydrogen-bond donors (Lipinski definition) is 2. The van der Waals surface area contributed by atoms with Gasteiger partial charge in [0.2, 0.25) is 5.91 Å². The van der Waals surface area contributed by atoms with E-state index in [0.29, 0.717) is 13.1 Å². The molecule has 1 aliphatic heterocycles. The number of aromatic nitrogens is 2. The Bertz CT molecular complexity index is 624. The predicted molar refractivity (Wildman–Crippen MR) is 94.6 cm³/mol. The molecular formula is C17H28N4O4. The van der Waals surface area contributed by atoms with Crippen LogP contribution in [0.1, 0.15) is 37.6 Å². The summed E-state index contributed by atoms with van der Waals surface area (Å²) in [7, 11) is 0. The zero-order valence-corrected chi connectivity index (χ0v) is 15.2. The van der Waals surface area contributed by atoms with Crippen molar-refractivity contribution in [2.75, 3.05) is 19.6 Å². The Hall–Kier alpha value is -2.22. The topological polar surface area (TPSA) is 105 Å². The molecule has 1 aliphatic rings. The molecule has 0 radical (unpaired) electrons. The van der Waals surface area contributed by atoms with Gasteiger partial charge in [-0.25, -0.2) is 4.79 Å². The van der Waals surface area contributed by atoms with Crippen molar-refractivity contribution < 1.29 is 14.7 Å². The van der Waals surface area contributed by atoms with Crippen LogP contribution < -0.4 is 11.0 Å². The predicted octanol–water partition coefficient (Wildman–Crippen LogP) is 0.552. The second-order valence-electron chi connectivity index (χ2n) is 6.04. The van der Waals surface area contributed by atoms with Gasteiger partial charge in [0.1, 0.15) is 0 Å². The van der Waals surface area contributed by atoms with Crippen LogP contribution in [0.25, 0.3) is 0 Å². The van der Waals surface area contributed by atoms with Crippen LogP contribution in [-0.4, -0.2) is 57.6 Å². The number of likely N-dealkylation sites (tertiary alicyclic amines) is 1. The van der Waals surface area contributed by atoms with E-state index in [1.54, 1.807) is 4.57 Å². The summed E-state index contributed by atoms with van der Waals surface area (Å²) in [5, 5.41) is 9.85. The van der Waals surface area contributed by atoms with E-state index in [1.807, 2.05) is 26.8 Å². The lowest BCUT2D eigenvalue weighted by Gasteiger charge is -2.25. The highest BCUT2D eigenvalue weighted by Gasteiger charge is 2.26. The van der Waals surface area contributed by atoms with E-state index in [2.05, 4.69) is 15.2 Å². The molecule has 0 saturated carbocycles. The van der Waals surface area contributed by atoms with Crippen molar-refractivity contribution in [2.45, 2.75) is 52.6 Å². The number of aryl methyl sites for hydroxylation is 2. The van der Waals surface area contributed by atoms with Gasteiger partial charge in [-0.15, -0.1) is 0 Å². The number of nitrogens with one attached hydrogen (secondary N) is 1. The first-order valence-electron chi connectivity index (χ1n) is 8.59. The van der Waals surface area contributed by atoms with Gasteiger partial charge in [0.05, 0.1) is 6.04 Å². The maximum atomic E-state index is 12.3. The molecule has 1 saturated heterocycles. The van der Waals surface area contributed by atoms with Crippen LogP contribution in [0, 0.1) is 13.8 Å². The smallest absolute Gasteiger partial charge is 0.348 e. The average Bonchev–Trinajstić information content (AvgIpc) is 3.05. The first-order valence-corrected chi connectivity index (χ1v) is 8.59. The third kappa shape index (κ3) is 6.30. The molecule has 0 spiro atoms. The lowest BCUT2D eigenvalue weighted by molar-refractivity contribution is -0.126. The Morgan fingerprint density at radius 3 is 2.52 bits per heavy atom. The molecule has 2 rings (SSSR count). The molecule has 2 N–H and O–H groups in total. The third-order valence-electron chi connectivity index (χ3n) is 4.25. The van der Waals surface area contributed by atoms with Crippen LogP contribution in [-0.2, 0) is 16.1 Å². The Morgan fingerprint density at radius 2 is 2.00 bits per heavy atom. The molecule has 1 unspecified atom stereocenters. The molecule has 0 aliphatic carbocycles.